The Hall–Kier alpha value is -2.53. The smallest absolute Gasteiger partial charge is 0.271 e. The fourth-order valence-electron chi connectivity index (χ4n) is 3.94. The van der Waals surface area contributed by atoms with Crippen LogP contribution in [0, 0.1) is 21.4 Å². The maximum atomic E-state index is 12.9. The SMILES string of the molecule is CN(C)CC(C)(C)CNC(=O)C1CCN(C(=O)c2cc([N+](=O)[O-])cc(S(C)(=O)=O)c2)CC1. The van der Waals surface area contributed by atoms with Gasteiger partial charge in [0.2, 0.25) is 5.91 Å². The highest BCUT2D eigenvalue weighted by atomic mass is 32.2. The molecule has 0 saturated carbocycles. The van der Waals surface area contributed by atoms with Crippen LogP contribution >= 0.6 is 0 Å². The van der Waals surface area contributed by atoms with Gasteiger partial charge in [-0.3, -0.25) is 19.7 Å². The fourth-order valence-corrected chi connectivity index (χ4v) is 4.61. The van der Waals surface area contributed by atoms with Gasteiger partial charge in [-0.2, -0.15) is 0 Å². The van der Waals surface area contributed by atoms with Gasteiger partial charge >= 0.3 is 0 Å². The number of nitrogens with one attached hydrogen (secondary N) is 1. The summed E-state index contributed by atoms with van der Waals surface area (Å²) in [5.41, 5.74) is -0.575. The third-order valence-electron chi connectivity index (χ3n) is 5.42. The van der Waals surface area contributed by atoms with Crippen LogP contribution in [0.5, 0.6) is 0 Å². The van der Waals surface area contributed by atoms with Gasteiger partial charge in [0.15, 0.2) is 9.84 Å². The molecule has 1 aliphatic heterocycles. The third kappa shape index (κ3) is 6.99. The minimum atomic E-state index is -3.72. The average Bonchev–Trinajstić information content (AvgIpc) is 2.69. The van der Waals surface area contributed by atoms with Crippen molar-refractivity contribution in [3.8, 4) is 0 Å². The number of sulfone groups is 1. The summed E-state index contributed by atoms with van der Waals surface area (Å²) >= 11 is 0. The van der Waals surface area contributed by atoms with Gasteiger partial charge in [0.1, 0.15) is 0 Å². The first-order valence-electron chi connectivity index (χ1n) is 10.4. The number of benzene rings is 1. The van der Waals surface area contributed by atoms with Crippen LogP contribution in [-0.4, -0.2) is 81.5 Å². The number of non-ortho nitro benzene ring substituents is 1. The van der Waals surface area contributed by atoms with Crippen molar-refractivity contribution in [2.45, 2.75) is 31.6 Å². The van der Waals surface area contributed by atoms with Crippen LogP contribution in [0.2, 0.25) is 0 Å². The van der Waals surface area contributed by atoms with Crippen molar-refractivity contribution in [3.05, 3.63) is 33.9 Å². The van der Waals surface area contributed by atoms with E-state index in [4.69, 9.17) is 0 Å². The third-order valence-corrected chi connectivity index (χ3v) is 6.51. The maximum Gasteiger partial charge on any atom is 0.271 e. The summed E-state index contributed by atoms with van der Waals surface area (Å²) in [5, 5.41) is 14.2. The molecule has 1 aromatic carbocycles. The summed E-state index contributed by atoms with van der Waals surface area (Å²) < 4.78 is 23.7. The van der Waals surface area contributed by atoms with Gasteiger partial charge in [-0.1, -0.05) is 13.8 Å². The van der Waals surface area contributed by atoms with E-state index in [1.54, 1.807) is 0 Å². The van der Waals surface area contributed by atoms with Gasteiger partial charge in [0.05, 0.1) is 9.82 Å². The molecule has 11 heteroatoms. The fraction of sp³-hybridized carbons (Fsp3) is 0.619. The molecule has 0 bridgehead atoms. The molecule has 1 heterocycles. The molecule has 0 spiro atoms. The van der Waals surface area contributed by atoms with E-state index >= 15 is 0 Å². The molecule has 0 atom stereocenters. The van der Waals surface area contributed by atoms with Crippen LogP contribution in [0.4, 0.5) is 5.69 Å². The molecule has 32 heavy (non-hydrogen) atoms. The van der Waals surface area contributed by atoms with E-state index in [1.165, 1.54) is 4.90 Å². The summed E-state index contributed by atoms with van der Waals surface area (Å²) in [7, 11) is 0.242. The van der Waals surface area contributed by atoms with Crippen LogP contribution in [0.25, 0.3) is 0 Å². The molecular formula is C21H32N4O6S. The van der Waals surface area contributed by atoms with E-state index in [9.17, 15) is 28.1 Å². The molecule has 1 N–H and O–H groups in total. The zero-order valence-corrected chi connectivity index (χ0v) is 20.1. The normalized spacial score (nSPS) is 15.6. The number of nitro groups is 1. The first-order chi connectivity index (χ1) is 14.7. The lowest BCUT2D eigenvalue weighted by Crippen LogP contribution is -2.46. The lowest BCUT2D eigenvalue weighted by atomic mass is 9.91. The van der Waals surface area contributed by atoms with Gasteiger partial charge in [0, 0.05) is 56.0 Å². The number of likely N-dealkylation sites (tertiary alicyclic amines) is 1. The molecule has 1 aliphatic rings. The maximum absolute atomic E-state index is 12.9. The molecule has 0 unspecified atom stereocenters. The van der Waals surface area contributed by atoms with Crippen molar-refractivity contribution < 1.29 is 22.9 Å². The Morgan fingerprint density at radius 2 is 1.81 bits per heavy atom. The topological polar surface area (TPSA) is 130 Å². The van der Waals surface area contributed by atoms with Crippen molar-refractivity contribution in [2.75, 3.05) is 46.5 Å². The quantitative estimate of drug-likeness (QED) is 0.452. The predicted octanol–water partition coefficient (Wildman–Crippen LogP) is 1.55. The summed E-state index contributed by atoms with van der Waals surface area (Å²) in [6.45, 7) is 6.17. The zero-order valence-electron chi connectivity index (χ0n) is 19.3. The Morgan fingerprint density at radius 3 is 2.31 bits per heavy atom. The Bertz CT molecular complexity index is 982. The highest BCUT2D eigenvalue weighted by molar-refractivity contribution is 7.90. The Labute approximate surface area is 189 Å². The summed E-state index contributed by atoms with van der Waals surface area (Å²) in [6.07, 6.45) is 1.88. The second kappa shape index (κ2) is 9.95. The van der Waals surface area contributed by atoms with Crippen molar-refractivity contribution >= 4 is 27.3 Å². The van der Waals surface area contributed by atoms with E-state index in [0.29, 0.717) is 32.5 Å². The second-order valence-corrected chi connectivity index (χ2v) is 11.4. The van der Waals surface area contributed by atoms with Crippen LogP contribution in [0.15, 0.2) is 23.1 Å². The van der Waals surface area contributed by atoms with Crippen LogP contribution in [-0.2, 0) is 14.6 Å². The molecule has 2 rings (SSSR count). The minimum Gasteiger partial charge on any atom is -0.355 e. The summed E-state index contributed by atoms with van der Waals surface area (Å²) in [5.74, 6) is -0.742. The highest BCUT2D eigenvalue weighted by Crippen LogP contribution is 2.25. The molecular weight excluding hydrogens is 436 g/mol. The molecule has 178 valence electrons. The van der Waals surface area contributed by atoms with Crippen molar-refractivity contribution in [1.29, 1.82) is 0 Å². The number of carbonyl (C=O) groups excluding carboxylic acids is 2. The molecule has 1 fully saturated rings. The summed E-state index contributed by atoms with van der Waals surface area (Å²) in [6, 6.07) is 3.19. The van der Waals surface area contributed by atoms with E-state index in [0.717, 1.165) is 31.0 Å². The van der Waals surface area contributed by atoms with Gasteiger partial charge in [-0.25, -0.2) is 8.42 Å². The van der Waals surface area contributed by atoms with E-state index in [1.807, 2.05) is 14.1 Å². The van der Waals surface area contributed by atoms with Crippen molar-refractivity contribution in [2.24, 2.45) is 11.3 Å². The number of piperidine rings is 1. The van der Waals surface area contributed by atoms with Gasteiger partial charge in [-0.15, -0.1) is 0 Å². The number of nitro benzene ring substituents is 1. The van der Waals surface area contributed by atoms with Crippen LogP contribution in [0.1, 0.15) is 37.0 Å². The Balaban J connectivity index is 2.03. The molecule has 0 aliphatic carbocycles. The molecule has 10 nitrogen and oxygen atoms in total. The van der Waals surface area contributed by atoms with Crippen LogP contribution in [0.3, 0.4) is 0 Å². The van der Waals surface area contributed by atoms with E-state index in [-0.39, 0.29) is 27.7 Å². The largest absolute Gasteiger partial charge is 0.355 e. The number of nitrogens with zero attached hydrogens (tertiary/aromatic N) is 3. The standard InChI is InChI=1S/C21H32N4O6S/c1-21(2,14-23(3)4)13-22-19(26)15-6-8-24(9-7-15)20(27)16-10-17(25(28)29)12-18(11-16)32(5,30)31/h10-12,15H,6-9,13-14H2,1-5H3,(H,22,26). The molecule has 0 radical (unpaired) electrons. The summed E-state index contributed by atoms with van der Waals surface area (Å²) in [4.78, 5) is 39.2. The number of rotatable bonds is 8. The lowest BCUT2D eigenvalue weighted by molar-refractivity contribution is -0.385. The van der Waals surface area contributed by atoms with Gasteiger partial charge < -0.3 is 15.1 Å². The first kappa shape index (κ1) is 25.7. The van der Waals surface area contributed by atoms with Gasteiger partial charge in [-0.05, 0) is 38.4 Å². The minimum absolute atomic E-state index is 0.0429. The molecule has 1 aromatic rings. The van der Waals surface area contributed by atoms with Crippen molar-refractivity contribution in [3.63, 3.8) is 0 Å². The second-order valence-electron chi connectivity index (χ2n) is 9.43. The zero-order chi connectivity index (χ0) is 24.3. The molecule has 0 aromatic heterocycles. The number of carbonyl (C=O) groups is 2. The predicted molar refractivity (Wildman–Crippen MR) is 120 cm³/mol. The Kier molecular flexibility index (Phi) is 8.00. The van der Waals surface area contributed by atoms with Gasteiger partial charge in [0.25, 0.3) is 11.6 Å². The van der Waals surface area contributed by atoms with Crippen molar-refractivity contribution in [1.82, 2.24) is 15.1 Å². The molecule has 2 amide bonds. The highest BCUT2D eigenvalue weighted by Gasteiger charge is 2.30. The van der Waals surface area contributed by atoms with E-state index < -0.39 is 26.4 Å². The van der Waals surface area contributed by atoms with E-state index in [2.05, 4.69) is 24.1 Å². The molecule has 1 saturated heterocycles. The number of hydrogen-bond donors (Lipinski definition) is 1. The number of hydrogen-bond acceptors (Lipinski definition) is 7. The monoisotopic (exact) mass is 468 g/mol. The van der Waals surface area contributed by atoms with Crippen LogP contribution < -0.4 is 5.32 Å². The lowest BCUT2D eigenvalue weighted by Gasteiger charge is -2.33. The first-order valence-corrected chi connectivity index (χ1v) is 12.3. The number of amides is 2. The Morgan fingerprint density at radius 1 is 1.22 bits per heavy atom. The average molecular weight is 469 g/mol.